The van der Waals surface area contributed by atoms with E-state index in [4.69, 9.17) is 0 Å². The summed E-state index contributed by atoms with van der Waals surface area (Å²) in [6.45, 7) is 3.78. The molecular weight excluding hydrogens is 343 g/mol. The first-order valence-corrected chi connectivity index (χ1v) is 9.21. The van der Waals surface area contributed by atoms with Crippen LogP contribution in [0.1, 0.15) is 17.5 Å². The van der Waals surface area contributed by atoms with Crippen LogP contribution in [0, 0.1) is 0 Å². The van der Waals surface area contributed by atoms with E-state index in [0.29, 0.717) is 12.0 Å². The number of carbonyl (C=O) groups excluding carboxylic acids is 1. The van der Waals surface area contributed by atoms with E-state index in [0.717, 1.165) is 12.1 Å². The van der Waals surface area contributed by atoms with Crippen molar-refractivity contribution in [2.24, 2.45) is 0 Å². The van der Waals surface area contributed by atoms with Gasteiger partial charge in [-0.25, -0.2) is 8.42 Å². The highest BCUT2D eigenvalue weighted by Gasteiger charge is 2.34. The Labute approximate surface area is 138 Å². The van der Waals surface area contributed by atoms with Crippen LogP contribution >= 0.6 is 0 Å². The highest BCUT2D eigenvalue weighted by atomic mass is 32.2. The standard InChI is InChI=1S/C16H18F3NO3S/c1-2-8-20(14-7-9-24(22,23)11-14)15(21)10-12-3-5-13(6-4-12)16(17,18)19/h2-6,14H,1,7-11H2. The van der Waals surface area contributed by atoms with Crippen LogP contribution in [-0.4, -0.2) is 43.3 Å². The lowest BCUT2D eigenvalue weighted by Crippen LogP contribution is -2.42. The number of halogens is 3. The number of alkyl halides is 3. The molecule has 0 spiro atoms. The first kappa shape index (κ1) is 18.5. The Bertz CT molecular complexity index is 711. The fourth-order valence-corrected chi connectivity index (χ4v) is 4.43. The summed E-state index contributed by atoms with van der Waals surface area (Å²) in [5.41, 5.74) is -0.327. The van der Waals surface area contributed by atoms with Crippen molar-refractivity contribution in [2.45, 2.75) is 25.1 Å². The fourth-order valence-electron chi connectivity index (χ4n) is 2.70. The Balaban J connectivity index is 2.09. The molecule has 132 valence electrons. The van der Waals surface area contributed by atoms with Crippen LogP contribution in [0.2, 0.25) is 0 Å². The van der Waals surface area contributed by atoms with Gasteiger partial charge < -0.3 is 4.90 Å². The molecule has 0 aliphatic carbocycles. The number of sulfone groups is 1. The molecule has 1 atom stereocenters. The molecule has 1 heterocycles. The Morgan fingerprint density at radius 3 is 2.38 bits per heavy atom. The van der Waals surface area contributed by atoms with Gasteiger partial charge in [0.2, 0.25) is 5.91 Å². The third-order valence-electron chi connectivity index (χ3n) is 3.93. The smallest absolute Gasteiger partial charge is 0.335 e. The number of hydrogen-bond acceptors (Lipinski definition) is 3. The van der Waals surface area contributed by atoms with Crippen molar-refractivity contribution in [1.29, 1.82) is 0 Å². The Morgan fingerprint density at radius 1 is 1.29 bits per heavy atom. The topological polar surface area (TPSA) is 54.5 Å². The number of rotatable bonds is 5. The Kier molecular flexibility index (Phi) is 5.37. The maximum atomic E-state index is 12.5. The predicted octanol–water partition coefficient (Wildman–Crippen LogP) is 2.45. The maximum Gasteiger partial charge on any atom is 0.416 e. The summed E-state index contributed by atoms with van der Waals surface area (Å²) in [5, 5.41) is 0. The average molecular weight is 361 g/mol. The van der Waals surface area contributed by atoms with Gasteiger partial charge in [0.1, 0.15) is 0 Å². The van der Waals surface area contributed by atoms with Gasteiger partial charge in [0.25, 0.3) is 0 Å². The lowest BCUT2D eigenvalue weighted by molar-refractivity contribution is -0.137. The van der Waals surface area contributed by atoms with Crippen molar-refractivity contribution >= 4 is 15.7 Å². The molecule has 1 saturated heterocycles. The van der Waals surface area contributed by atoms with Gasteiger partial charge in [-0.3, -0.25) is 4.79 Å². The maximum absolute atomic E-state index is 12.5. The minimum atomic E-state index is -4.42. The molecule has 0 radical (unpaired) electrons. The lowest BCUT2D eigenvalue weighted by atomic mass is 10.1. The minimum Gasteiger partial charge on any atom is -0.335 e. The van der Waals surface area contributed by atoms with Gasteiger partial charge in [0.15, 0.2) is 9.84 Å². The summed E-state index contributed by atoms with van der Waals surface area (Å²) in [4.78, 5) is 13.9. The van der Waals surface area contributed by atoms with Crippen LogP contribution in [0.15, 0.2) is 36.9 Å². The van der Waals surface area contributed by atoms with E-state index in [-0.39, 0.29) is 30.4 Å². The molecule has 0 aromatic heterocycles. The van der Waals surface area contributed by atoms with Crippen molar-refractivity contribution in [3.05, 3.63) is 48.0 Å². The van der Waals surface area contributed by atoms with E-state index in [1.54, 1.807) is 0 Å². The first-order valence-electron chi connectivity index (χ1n) is 7.39. The lowest BCUT2D eigenvalue weighted by Gasteiger charge is -2.27. The molecule has 1 aromatic carbocycles. The molecular formula is C16H18F3NO3S. The number of amides is 1. The molecule has 0 N–H and O–H groups in total. The quantitative estimate of drug-likeness (QED) is 0.757. The Morgan fingerprint density at radius 2 is 1.92 bits per heavy atom. The van der Waals surface area contributed by atoms with E-state index in [2.05, 4.69) is 6.58 Å². The molecule has 1 aliphatic rings. The molecule has 4 nitrogen and oxygen atoms in total. The molecule has 24 heavy (non-hydrogen) atoms. The minimum absolute atomic E-state index is 0.0405. The van der Waals surface area contributed by atoms with E-state index < -0.39 is 27.6 Å². The van der Waals surface area contributed by atoms with Gasteiger partial charge in [-0.05, 0) is 24.1 Å². The molecule has 1 unspecified atom stereocenters. The van der Waals surface area contributed by atoms with Crippen LogP contribution in [0.5, 0.6) is 0 Å². The van der Waals surface area contributed by atoms with Crippen LogP contribution in [-0.2, 0) is 27.2 Å². The monoisotopic (exact) mass is 361 g/mol. The molecule has 1 aromatic rings. The van der Waals surface area contributed by atoms with Gasteiger partial charge in [0.05, 0.1) is 23.5 Å². The number of hydrogen-bond donors (Lipinski definition) is 0. The molecule has 2 rings (SSSR count). The highest BCUT2D eigenvalue weighted by molar-refractivity contribution is 7.91. The number of nitrogens with zero attached hydrogens (tertiary/aromatic N) is 1. The summed E-state index contributed by atoms with van der Waals surface area (Å²) in [7, 11) is -3.14. The van der Waals surface area contributed by atoms with E-state index >= 15 is 0 Å². The third-order valence-corrected chi connectivity index (χ3v) is 5.68. The zero-order valence-corrected chi connectivity index (χ0v) is 13.7. The number of carbonyl (C=O) groups is 1. The van der Waals surface area contributed by atoms with E-state index in [1.165, 1.54) is 23.1 Å². The van der Waals surface area contributed by atoms with Crippen LogP contribution in [0.25, 0.3) is 0 Å². The van der Waals surface area contributed by atoms with Gasteiger partial charge in [-0.1, -0.05) is 18.2 Å². The van der Waals surface area contributed by atoms with Crippen LogP contribution < -0.4 is 0 Å². The van der Waals surface area contributed by atoms with Crippen molar-refractivity contribution < 1.29 is 26.4 Å². The molecule has 1 amide bonds. The first-order chi connectivity index (χ1) is 11.1. The van der Waals surface area contributed by atoms with Gasteiger partial charge in [-0.2, -0.15) is 13.2 Å². The van der Waals surface area contributed by atoms with E-state index in [1.807, 2.05) is 0 Å². The van der Waals surface area contributed by atoms with Crippen LogP contribution in [0.4, 0.5) is 13.2 Å². The van der Waals surface area contributed by atoms with Gasteiger partial charge >= 0.3 is 6.18 Å². The molecule has 8 heteroatoms. The van der Waals surface area contributed by atoms with Gasteiger partial charge in [0, 0.05) is 12.6 Å². The zero-order valence-electron chi connectivity index (χ0n) is 12.9. The van der Waals surface area contributed by atoms with Gasteiger partial charge in [-0.15, -0.1) is 6.58 Å². The summed E-state index contributed by atoms with van der Waals surface area (Å²) >= 11 is 0. The predicted molar refractivity (Wildman–Crippen MR) is 84.1 cm³/mol. The summed E-state index contributed by atoms with van der Waals surface area (Å²) in [6.07, 6.45) is -2.62. The third kappa shape index (κ3) is 4.59. The zero-order chi connectivity index (χ0) is 18.0. The van der Waals surface area contributed by atoms with E-state index in [9.17, 15) is 26.4 Å². The molecule has 0 bridgehead atoms. The second-order valence-corrected chi connectivity index (χ2v) is 7.99. The highest BCUT2D eigenvalue weighted by Crippen LogP contribution is 2.29. The summed E-state index contributed by atoms with van der Waals surface area (Å²) in [5.74, 6) is -0.366. The van der Waals surface area contributed by atoms with Crippen LogP contribution in [0.3, 0.4) is 0 Å². The van der Waals surface area contributed by atoms with Crippen molar-refractivity contribution in [2.75, 3.05) is 18.1 Å². The van der Waals surface area contributed by atoms with Crippen molar-refractivity contribution in [3.8, 4) is 0 Å². The molecule has 1 aliphatic heterocycles. The summed E-state index contributed by atoms with van der Waals surface area (Å²) in [6, 6.07) is 3.98. The second kappa shape index (κ2) is 6.96. The normalized spacial score (nSPS) is 19.9. The SMILES string of the molecule is C=CCN(C(=O)Cc1ccc(C(F)(F)F)cc1)C1CCS(=O)(=O)C1. The second-order valence-electron chi connectivity index (χ2n) is 5.76. The Hall–Kier alpha value is -1.83. The largest absolute Gasteiger partial charge is 0.416 e. The van der Waals surface area contributed by atoms with Crippen molar-refractivity contribution in [3.63, 3.8) is 0 Å². The summed E-state index contributed by atoms with van der Waals surface area (Å²) < 4.78 is 60.8. The number of benzene rings is 1. The fraction of sp³-hybridized carbons (Fsp3) is 0.438. The molecule has 0 saturated carbocycles. The molecule has 1 fully saturated rings. The average Bonchev–Trinajstić information content (AvgIpc) is 2.84. The van der Waals surface area contributed by atoms with Crippen molar-refractivity contribution in [1.82, 2.24) is 4.90 Å².